The Morgan fingerprint density at radius 1 is 0.358 bits per heavy atom. The molecule has 8 aliphatic rings. The highest BCUT2D eigenvalue weighted by molar-refractivity contribution is 5.77. The number of benzene rings is 4. The van der Waals surface area contributed by atoms with E-state index in [1.54, 1.807) is 55.4 Å². The second-order valence-corrected chi connectivity index (χ2v) is 29.6. The van der Waals surface area contributed by atoms with Crippen molar-refractivity contribution in [1.82, 2.24) is 19.6 Å². The van der Waals surface area contributed by atoms with Crippen LogP contribution in [0.2, 0.25) is 0 Å². The number of fused-ring (bicyclic) bond motifs is 12. The van der Waals surface area contributed by atoms with E-state index in [1.165, 1.54) is 0 Å². The van der Waals surface area contributed by atoms with Crippen LogP contribution in [0.3, 0.4) is 0 Å². The minimum atomic E-state index is -4.06. The molecule has 8 N–H and O–H groups in total. The highest BCUT2D eigenvalue weighted by atomic mass is 16.6. The third kappa shape index (κ3) is 23.8. The van der Waals surface area contributed by atoms with Crippen LogP contribution in [0.25, 0.3) is 0 Å². The van der Waals surface area contributed by atoms with Gasteiger partial charge in [0, 0.05) is 186 Å². The number of hydrogen-bond donors (Lipinski definition) is 4. The van der Waals surface area contributed by atoms with Crippen molar-refractivity contribution < 1.29 is 180 Å². The molecule has 0 aromatic heterocycles. The molecular formula is C96H152N8O16. The number of rotatable bonds is 28. The van der Waals surface area contributed by atoms with E-state index in [1.807, 2.05) is 0 Å². The largest absolute Gasteiger partial charge is 0.493 e. The molecule has 4 aromatic carbocycles. The fraction of sp³-hybridized carbons (Fsp3) is 0.708. The summed E-state index contributed by atoms with van der Waals surface area (Å²) >= 11 is 0. The van der Waals surface area contributed by atoms with Crippen LogP contribution < -0.4 is 60.8 Å². The van der Waals surface area contributed by atoms with Gasteiger partial charge < -0.3 is 79.8 Å². The van der Waals surface area contributed by atoms with Gasteiger partial charge >= 0.3 is 23.9 Å². The molecule has 120 heavy (non-hydrogen) atoms. The molecule has 16 atom stereocenters. The molecule has 0 aliphatic carbocycles. The zero-order valence-electron chi connectivity index (χ0n) is 144. The quantitative estimate of drug-likeness (QED) is 0.0303. The standard InChI is InChI=1S/4C24H38N2O4/c4*1-14(2)9-17-13-26-8-7-16-10-21(28-5)22(29-6)11-18(16)19(26)12-20(17)30-24(27)23(25)15(3)4/h4*10-11,14-15,17,19-20,23H,7-9,12-13,25H2,1-6H3/t4*17?,19?,20?,23-/m0000/s1/i3D3,4D3,5D3,6D3,7D2,8D2,10D,11D,15D,19D,20D,23D;3D3,4D3,6D3,7D2,8D2,10D,11D,15D,19D,20D,23D;3D3,4D3,5D3,7D2,8D2,10D,11D,15D,19D,20D,23D;3D3,4D3,7D2,8D2,10D,11D,15D,19D,20D,23D. The number of carbonyl (C=O) groups excluding carboxylic acids is 4. The lowest BCUT2D eigenvalue weighted by molar-refractivity contribution is -0.161. The van der Waals surface area contributed by atoms with Crippen LogP contribution in [0.1, 0.15) is 334 Å². The fourth-order valence-corrected chi connectivity index (χ4v) is 13.8. The van der Waals surface area contributed by atoms with Crippen LogP contribution in [0.15, 0.2) is 48.3 Å². The number of nitrogens with two attached hydrogens (primary N) is 4. The molecule has 0 spiro atoms. The van der Waals surface area contributed by atoms with Crippen molar-refractivity contribution in [3.8, 4) is 46.0 Å². The van der Waals surface area contributed by atoms with Crippen LogP contribution in [-0.2, 0) is 63.6 Å². The Kier molecular flexibility index (Phi) is 13.3. The maximum absolute atomic E-state index is 13.7. The number of ether oxygens (including phenoxy) is 12. The summed E-state index contributed by atoms with van der Waals surface area (Å²) in [6.45, 7) is -33.7. The average Bonchev–Trinajstić information content (AvgIpc) is 0.675. The Hall–Kier alpha value is -7.16. The number of piperidine rings is 4. The first kappa shape index (κ1) is 36.4. The van der Waals surface area contributed by atoms with Crippen LogP contribution in [0.5, 0.6) is 46.0 Å². The van der Waals surface area contributed by atoms with Gasteiger partial charge in [0.25, 0.3) is 0 Å². The summed E-state index contributed by atoms with van der Waals surface area (Å²) in [5.74, 6) is -38.3. The van der Waals surface area contributed by atoms with E-state index >= 15 is 0 Å². The maximum Gasteiger partial charge on any atom is 0.323 e. The molecule has 12 unspecified atom stereocenters. The van der Waals surface area contributed by atoms with Gasteiger partial charge in [0.2, 0.25) is 0 Å². The van der Waals surface area contributed by atoms with Crippen molar-refractivity contribution >= 4 is 23.9 Å². The van der Waals surface area contributed by atoms with Gasteiger partial charge in [-0.25, -0.2) is 0 Å². The molecule has 672 valence electrons. The van der Waals surface area contributed by atoms with Gasteiger partial charge in [-0.15, -0.1) is 0 Å². The molecular weight excluding hydrogens is 1520 g/mol. The molecule has 24 nitrogen and oxygen atoms in total. The van der Waals surface area contributed by atoms with Crippen molar-refractivity contribution in [2.75, 3.05) is 109 Å². The minimum absolute atomic E-state index is 0.0290. The average molecular weight is 1750 g/mol. The Bertz CT molecular complexity index is 7580. The number of carbonyl (C=O) groups is 4. The first-order valence-electron chi connectivity index (χ1n) is 75.2. The summed E-state index contributed by atoms with van der Waals surface area (Å²) < 4.78 is 691. The maximum atomic E-state index is 13.7. The van der Waals surface area contributed by atoms with Gasteiger partial charge in [-0.3, -0.25) is 38.8 Å². The van der Waals surface area contributed by atoms with E-state index in [-0.39, 0.29) is 43.4 Å². The zero-order chi connectivity index (χ0) is 154. The second-order valence-electron chi connectivity index (χ2n) is 29.6. The molecule has 8 aliphatic heterocycles. The molecule has 0 radical (unpaired) electrons. The predicted molar refractivity (Wildman–Crippen MR) is 471 cm³/mol. The van der Waals surface area contributed by atoms with Crippen molar-refractivity contribution in [2.45, 2.75) is 260 Å². The van der Waals surface area contributed by atoms with E-state index < -0.39 is 475 Å². The van der Waals surface area contributed by atoms with Crippen molar-refractivity contribution in [3.05, 3.63) is 92.8 Å². The molecule has 4 saturated heterocycles. The van der Waals surface area contributed by atoms with Crippen LogP contribution in [0.4, 0.5) is 0 Å². The number of nitrogens with zero attached hydrogens (tertiary/aromatic N) is 4. The van der Waals surface area contributed by atoms with Gasteiger partial charge in [0.15, 0.2) is 46.0 Å². The number of methoxy groups -OCH3 is 8. The SMILES string of the molecule is [2H]c1c(OC([2H])([2H])[2H])c(OC([2H])([2H])[2H])c([2H])c2c1C1([2H])CC([2H])(OC(=O)[C@@]([2H])(N)C([2H])(C([2H])([2H])[2H])C([2H])([2H])[2H])C(CC(C)C)CN1C([2H])([2H])C2([2H])[2H].[2H]c1c(OC([2H])([2H])[2H])c(OC)c([2H])c2c1C1([2H])CC([2H])(OC(=O)[C@@]([2H])(N)C([2H])(C([2H])([2H])[2H])C([2H])([2H])[2H])C(CC(C)C)CN1C([2H])([2H])C2([2H])[2H].[2H]c1c(OC)c(OC([2H])([2H])[2H])c([2H])c2c1C1([2H])CC([2H])(OC(=O)[C@@]([2H])(N)C([2H])(C([2H])([2H])[2H])C([2H])([2H])[2H])C(CC(C)C)CN1C([2H])([2H])C2([2H])[2H].[2H]c1c(OC)c(OC)c([2H])c2c1C1([2H])CC([2H])(OC(=O)[C@@]([2H])(N)C([2H])(C([2H])([2H])[2H])C([2H])([2H])[2H])C(CC(C)C)CN1C([2H])([2H])C2([2H])[2H]. The van der Waals surface area contributed by atoms with E-state index in [0.29, 0.717) is 14.7 Å². The summed E-state index contributed by atoms with van der Waals surface area (Å²) in [4.78, 5) is 57.0. The van der Waals surface area contributed by atoms with Gasteiger partial charge in [-0.1, -0.05) is 110 Å². The van der Waals surface area contributed by atoms with Gasteiger partial charge in [0.05, 0.1) is 100 Å². The van der Waals surface area contributed by atoms with Crippen LogP contribution >= 0.6 is 0 Å². The smallest absolute Gasteiger partial charge is 0.323 e. The van der Waals surface area contributed by atoms with E-state index in [4.69, 9.17) is 173 Å². The van der Waals surface area contributed by atoms with Gasteiger partial charge in [-0.05, 0) is 191 Å². The van der Waals surface area contributed by atoms with E-state index in [0.717, 1.165) is 33.3 Å². The summed E-state index contributed by atoms with van der Waals surface area (Å²) in [7, 11) is -9.29. The first-order valence-corrected chi connectivity index (χ1v) is 37.2. The Balaban J connectivity index is 0.000000283. The molecule has 0 bridgehead atoms. The molecule has 4 aromatic rings. The number of hydrogen-bond acceptors (Lipinski definition) is 24. The van der Waals surface area contributed by atoms with Crippen molar-refractivity contribution in [2.24, 2.45) is 93.9 Å². The molecule has 8 heterocycles. The summed E-state index contributed by atoms with van der Waals surface area (Å²) in [5, 5.41) is 0. The second kappa shape index (κ2) is 43.9. The highest BCUT2D eigenvalue weighted by Crippen LogP contribution is 2.50. The Labute approximate surface area is 825 Å². The molecule has 4 fully saturated rings. The van der Waals surface area contributed by atoms with E-state index in [9.17, 15) is 30.1 Å². The highest BCUT2D eigenvalue weighted by Gasteiger charge is 2.47. The van der Waals surface area contributed by atoms with Gasteiger partial charge in [-0.2, -0.15) is 0 Å². The topological polar surface area (TPSA) is 296 Å². The molecule has 24 heteroatoms. The first-order chi connectivity index (χ1) is 86.4. The van der Waals surface area contributed by atoms with Crippen molar-refractivity contribution in [3.63, 3.8) is 0 Å². The summed E-state index contributed by atoms with van der Waals surface area (Å²) in [6.07, 6.45) is -29.4. The minimum Gasteiger partial charge on any atom is -0.493 e. The van der Waals surface area contributed by atoms with E-state index in [2.05, 4.69) is 0 Å². The summed E-state index contributed by atoms with van der Waals surface area (Å²) in [5.41, 5.74) is 15.8. The van der Waals surface area contributed by atoms with Crippen LogP contribution in [0, 0.1) is 70.9 Å². The Morgan fingerprint density at radius 3 is 0.733 bits per heavy atom. The lowest BCUT2D eigenvalue weighted by Crippen LogP contribution is -2.51. The lowest BCUT2D eigenvalue weighted by Gasteiger charge is -2.47. The zero-order valence-corrected chi connectivity index (χ0v) is 67.7. The Morgan fingerprint density at radius 2 is 0.550 bits per heavy atom. The third-order valence-electron chi connectivity index (χ3n) is 19.4. The third-order valence-corrected chi connectivity index (χ3v) is 19.4. The van der Waals surface area contributed by atoms with Gasteiger partial charge in [0.1, 0.15) is 48.4 Å². The number of esters is 4. The fourth-order valence-electron chi connectivity index (χ4n) is 13.8. The normalized spacial score (nSPS) is 45.1. The molecule has 0 amide bonds. The molecule has 12 rings (SSSR count). The monoisotopic (exact) mass is 1750 g/mol. The summed E-state index contributed by atoms with van der Waals surface area (Å²) in [6, 6.07) is -34.9. The molecule has 0 saturated carbocycles. The lowest BCUT2D eigenvalue weighted by atomic mass is 9.79. The van der Waals surface area contributed by atoms with Crippen LogP contribution in [-0.4, -0.2) is 201 Å². The predicted octanol–water partition coefficient (Wildman–Crippen LogP) is 14.3. The van der Waals surface area contributed by atoms with Crippen molar-refractivity contribution in [1.29, 1.82) is 0 Å².